The second-order valence-corrected chi connectivity index (χ2v) is 6.76. The van der Waals surface area contributed by atoms with Gasteiger partial charge in [0.15, 0.2) is 0 Å². The number of benzene rings is 1. The Morgan fingerprint density at radius 1 is 1.33 bits per heavy atom. The van der Waals surface area contributed by atoms with Crippen molar-refractivity contribution in [3.63, 3.8) is 0 Å². The highest BCUT2D eigenvalue weighted by Crippen LogP contribution is 2.29. The van der Waals surface area contributed by atoms with Crippen LogP contribution in [-0.2, 0) is 0 Å². The van der Waals surface area contributed by atoms with Crippen LogP contribution in [-0.4, -0.2) is 37.6 Å². The number of halogens is 3. The Bertz CT molecular complexity index is 710. The van der Waals surface area contributed by atoms with Crippen molar-refractivity contribution in [3.05, 3.63) is 45.1 Å². The van der Waals surface area contributed by atoms with Crippen molar-refractivity contribution in [1.29, 1.82) is 0 Å². The van der Waals surface area contributed by atoms with Crippen LogP contribution in [0, 0.1) is 0 Å². The van der Waals surface area contributed by atoms with Gasteiger partial charge in [0.2, 0.25) is 0 Å². The van der Waals surface area contributed by atoms with Gasteiger partial charge in [-0.15, -0.1) is 24.8 Å². The highest BCUT2D eigenvalue weighted by Gasteiger charge is 2.21. The van der Waals surface area contributed by atoms with Gasteiger partial charge in [-0.05, 0) is 41.5 Å². The predicted molar refractivity (Wildman–Crippen MR) is 119 cm³/mol. The number of nitrogen functional groups attached to an aromatic ring is 1. The molecule has 1 atom stereocenters. The fraction of sp³-hybridized carbons (Fsp3) is 0.389. The average molecular weight is 455 g/mol. The predicted octanol–water partition coefficient (Wildman–Crippen LogP) is 4.65. The van der Waals surface area contributed by atoms with Crippen LogP contribution in [0.4, 0.5) is 5.69 Å². The molecule has 0 bridgehead atoms. The third-order valence-corrected chi connectivity index (χ3v) is 5.23. The van der Waals surface area contributed by atoms with Crippen LogP contribution in [0.3, 0.4) is 0 Å². The number of nitrogens with two attached hydrogens (primary N) is 1. The first-order chi connectivity index (χ1) is 12.0. The quantitative estimate of drug-likeness (QED) is 0.570. The molecular weight excluding hydrogens is 429 g/mol. The number of anilines is 1. The van der Waals surface area contributed by atoms with Crippen molar-refractivity contribution in [2.75, 3.05) is 32.5 Å². The Morgan fingerprint density at radius 2 is 2.00 bits per heavy atom. The fourth-order valence-corrected chi connectivity index (χ4v) is 3.66. The van der Waals surface area contributed by atoms with Crippen LogP contribution in [0.2, 0.25) is 5.02 Å². The van der Waals surface area contributed by atoms with E-state index in [1.807, 2.05) is 0 Å². The molecule has 0 spiro atoms. The monoisotopic (exact) mass is 453 g/mol. The van der Waals surface area contributed by atoms with Crippen LogP contribution >= 0.6 is 47.8 Å². The van der Waals surface area contributed by atoms with Crippen LogP contribution in [0.5, 0.6) is 5.75 Å². The summed E-state index contributed by atoms with van der Waals surface area (Å²) in [4.78, 5) is 15.0. The maximum absolute atomic E-state index is 12.7. The number of nitrogens with zero attached hydrogens (tertiary/aromatic N) is 1. The molecule has 1 amide bonds. The average Bonchev–Trinajstić information content (AvgIpc) is 3.14. The first-order valence-electron chi connectivity index (χ1n) is 8.19. The molecule has 1 aromatic carbocycles. The Morgan fingerprint density at radius 3 is 2.52 bits per heavy atom. The van der Waals surface area contributed by atoms with Gasteiger partial charge >= 0.3 is 0 Å². The molecule has 5 nitrogen and oxygen atoms in total. The number of nitrogens with one attached hydrogen (secondary N) is 1. The molecule has 1 aromatic heterocycles. The van der Waals surface area contributed by atoms with Crippen molar-refractivity contribution in [2.45, 2.75) is 19.9 Å². The van der Waals surface area contributed by atoms with E-state index >= 15 is 0 Å². The van der Waals surface area contributed by atoms with Crippen molar-refractivity contribution in [1.82, 2.24) is 10.2 Å². The lowest BCUT2D eigenvalue weighted by molar-refractivity contribution is 0.0932. The molecule has 9 heteroatoms. The van der Waals surface area contributed by atoms with Crippen LogP contribution in [0.1, 0.15) is 35.8 Å². The van der Waals surface area contributed by atoms with E-state index in [1.54, 1.807) is 23.5 Å². The van der Waals surface area contributed by atoms with E-state index < -0.39 is 0 Å². The Balaban J connectivity index is 0.00000338. The third kappa shape index (κ3) is 6.43. The van der Waals surface area contributed by atoms with Gasteiger partial charge in [-0.25, -0.2) is 0 Å². The van der Waals surface area contributed by atoms with E-state index in [1.165, 1.54) is 12.7 Å². The van der Waals surface area contributed by atoms with Gasteiger partial charge in [0, 0.05) is 12.6 Å². The minimum atomic E-state index is -0.230. The summed E-state index contributed by atoms with van der Waals surface area (Å²) in [6, 6.07) is 5.33. The molecule has 3 N–H and O–H groups in total. The van der Waals surface area contributed by atoms with E-state index in [0.29, 0.717) is 28.6 Å². The second kappa shape index (κ2) is 12.3. The molecule has 1 unspecified atom stereocenters. The van der Waals surface area contributed by atoms with Crippen LogP contribution in [0.15, 0.2) is 29.0 Å². The summed E-state index contributed by atoms with van der Waals surface area (Å²) in [5.41, 5.74) is 7.75. The summed E-state index contributed by atoms with van der Waals surface area (Å²) in [5.74, 6) is 0.181. The van der Waals surface area contributed by atoms with Crippen molar-refractivity contribution in [2.24, 2.45) is 0 Å². The summed E-state index contributed by atoms with van der Waals surface area (Å²) < 4.78 is 5.26. The highest BCUT2D eigenvalue weighted by molar-refractivity contribution is 7.08. The number of amides is 1. The number of carbonyl (C=O) groups is 1. The van der Waals surface area contributed by atoms with Crippen molar-refractivity contribution >= 4 is 59.3 Å². The number of ether oxygens (including phenoxy) is 1. The lowest BCUT2D eigenvalue weighted by Gasteiger charge is -2.29. The molecule has 2 aromatic rings. The summed E-state index contributed by atoms with van der Waals surface area (Å²) in [7, 11) is 1.50. The molecule has 2 rings (SSSR count). The number of methoxy groups -OCH3 is 1. The third-order valence-electron chi connectivity index (χ3n) is 4.20. The van der Waals surface area contributed by atoms with Gasteiger partial charge in [0.1, 0.15) is 5.75 Å². The minimum Gasteiger partial charge on any atom is -0.496 e. The molecule has 0 fully saturated rings. The van der Waals surface area contributed by atoms with Crippen LogP contribution in [0.25, 0.3) is 0 Å². The topological polar surface area (TPSA) is 67.6 Å². The van der Waals surface area contributed by atoms with E-state index in [9.17, 15) is 4.79 Å². The molecular formula is C18H26Cl3N3O2S. The zero-order valence-electron chi connectivity index (χ0n) is 15.5. The van der Waals surface area contributed by atoms with Gasteiger partial charge in [-0.1, -0.05) is 25.4 Å². The number of rotatable bonds is 8. The number of likely N-dealkylation sites (N-methyl/N-ethyl adjacent to an activating group) is 1. The number of hydrogen-bond donors (Lipinski definition) is 2. The van der Waals surface area contributed by atoms with Gasteiger partial charge in [0.25, 0.3) is 5.91 Å². The summed E-state index contributed by atoms with van der Waals surface area (Å²) in [5, 5.41) is 7.51. The molecule has 0 saturated carbocycles. The first kappa shape index (κ1) is 25.8. The summed E-state index contributed by atoms with van der Waals surface area (Å²) >= 11 is 7.71. The molecule has 0 radical (unpaired) electrons. The normalized spacial score (nSPS) is 11.3. The summed E-state index contributed by atoms with van der Waals surface area (Å²) in [6.45, 7) is 6.55. The second-order valence-electron chi connectivity index (χ2n) is 5.58. The Kier molecular flexibility index (Phi) is 11.8. The first-order valence-corrected chi connectivity index (χ1v) is 9.51. The smallest absolute Gasteiger partial charge is 0.255 e. The van der Waals surface area contributed by atoms with Gasteiger partial charge in [0.05, 0.1) is 29.4 Å². The maximum Gasteiger partial charge on any atom is 0.255 e. The maximum atomic E-state index is 12.7. The molecule has 27 heavy (non-hydrogen) atoms. The SMILES string of the molecule is CCN(CC)C(CNC(=O)c1cc(Cl)c(N)cc1OC)c1ccsc1.Cl.Cl. The molecule has 0 aliphatic rings. The lowest BCUT2D eigenvalue weighted by atomic mass is 10.1. The van der Waals surface area contributed by atoms with Crippen molar-refractivity contribution < 1.29 is 9.53 Å². The molecule has 1 heterocycles. The minimum absolute atomic E-state index is 0. The van der Waals surface area contributed by atoms with E-state index in [2.05, 4.69) is 40.9 Å². The van der Waals surface area contributed by atoms with Gasteiger partial charge < -0.3 is 15.8 Å². The van der Waals surface area contributed by atoms with E-state index in [0.717, 1.165) is 13.1 Å². The molecule has 152 valence electrons. The standard InChI is InChI=1S/C18H24ClN3O2S.2ClH/c1-4-22(5-2)16(12-6-7-25-11-12)10-21-18(23)13-8-14(19)15(20)9-17(13)24-3;;/h6-9,11,16H,4-5,10,20H2,1-3H3,(H,21,23);2*1H. The Hall–Kier alpha value is -1.18. The fourth-order valence-electron chi connectivity index (χ4n) is 2.79. The number of carbonyl (C=O) groups excluding carboxylic acids is 1. The van der Waals surface area contributed by atoms with Crippen LogP contribution < -0.4 is 15.8 Å². The molecule has 0 saturated heterocycles. The largest absolute Gasteiger partial charge is 0.496 e. The summed E-state index contributed by atoms with van der Waals surface area (Å²) in [6.07, 6.45) is 0. The number of thiophene rings is 1. The molecule has 0 aliphatic carbocycles. The van der Waals surface area contributed by atoms with E-state index in [4.69, 9.17) is 22.1 Å². The zero-order chi connectivity index (χ0) is 18.4. The molecule has 0 aliphatic heterocycles. The Labute approximate surface area is 182 Å². The lowest BCUT2D eigenvalue weighted by Crippen LogP contribution is -2.38. The van der Waals surface area contributed by atoms with Crippen molar-refractivity contribution in [3.8, 4) is 5.75 Å². The number of hydrogen-bond acceptors (Lipinski definition) is 5. The zero-order valence-corrected chi connectivity index (χ0v) is 18.7. The van der Waals surface area contributed by atoms with E-state index in [-0.39, 0.29) is 36.8 Å². The van der Waals surface area contributed by atoms with Gasteiger partial charge in [-0.2, -0.15) is 11.3 Å². The highest BCUT2D eigenvalue weighted by atomic mass is 35.5. The van der Waals surface area contributed by atoms with Gasteiger partial charge in [-0.3, -0.25) is 9.69 Å².